The van der Waals surface area contributed by atoms with Crippen LogP contribution in [0.15, 0.2) is 48.8 Å². The van der Waals surface area contributed by atoms with Crippen molar-refractivity contribution in [3.05, 3.63) is 59.9 Å². The highest BCUT2D eigenvalue weighted by molar-refractivity contribution is 5.93. The Hall–Kier alpha value is -2.97. The predicted molar refractivity (Wildman–Crippen MR) is 120 cm³/mol. The number of carboxylic acid groups (broad SMARTS) is 1. The van der Waals surface area contributed by atoms with Gasteiger partial charge in [0.25, 0.3) is 12.4 Å². The molecule has 0 radical (unpaired) electrons. The van der Waals surface area contributed by atoms with Crippen LogP contribution < -0.4 is 10.1 Å². The van der Waals surface area contributed by atoms with E-state index in [1.54, 1.807) is 31.6 Å². The van der Waals surface area contributed by atoms with Crippen molar-refractivity contribution >= 4 is 12.4 Å². The number of amides is 1. The highest BCUT2D eigenvalue weighted by Crippen LogP contribution is 2.37. The van der Waals surface area contributed by atoms with E-state index in [-0.39, 0.29) is 24.1 Å². The lowest BCUT2D eigenvalue weighted by Crippen LogP contribution is -2.46. The molecule has 1 amide bonds. The lowest BCUT2D eigenvalue weighted by molar-refractivity contribution is -0.122. The molecule has 8 nitrogen and oxygen atoms in total. The maximum atomic E-state index is 12.3. The number of nitrogens with zero attached hydrogens (tertiary/aromatic N) is 2. The number of carbonyl (C=O) groups excluding carboxylic acids is 1. The Morgan fingerprint density at radius 3 is 2.88 bits per heavy atom. The predicted octanol–water partition coefficient (Wildman–Crippen LogP) is 2.73. The summed E-state index contributed by atoms with van der Waals surface area (Å²) in [4.78, 5) is 27.1. The van der Waals surface area contributed by atoms with Gasteiger partial charge in [0.15, 0.2) is 0 Å². The highest BCUT2D eigenvalue weighted by atomic mass is 16.5. The van der Waals surface area contributed by atoms with Crippen LogP contribution in [0, 0.1) is 0 Å². The second-order valence-electron chi connectivity index (χ2n) is 8.18. The van der Waals surface area contributed by atoms with E-state index in [1.807, 2.05) is 12.1 Å². The Morgan fingerprint density at radius 2 is 2.12 bits per heavy atom. The average Bonchev–Trinajstić information content (AvgIpc) is 3.19. The second kappa shape index (κ2) is 11.6. The van der Waals surface area contributed by atoms with Crippen LogP contribution in [0.3, 0.4) is 0 Å². The third kappa shape index (κ3) is 6.51. The number of hydrogen-bond acceptors (Lipinski definition) is 6. The molecule has 172 valence electrons. The number of benzene rings is 1. The van der Waals surface area contributed by atoms with Crippen molar-refractivity contribution in [3.8, 4) is 5.75 Å². The SMILES string of the molecule is COc1cccc(CN2CC[C@]3(CCC[C@@H](CNC(=O)c4ccncc4)O3)C2)c1.O=CO. The van der Waals surface area contributed by atoms with Crippen LogP contribution >= 0.6 is 0 Å². The van der Waals surface area contributed by atoms with Gasteiger partial charge >= 0.3 is 0 Å². The minimum atomic E-state index is -0.250. The van der Waals surface area contributed by atoms with Gasteiger partial charge in [0, 0.05) is 44.1 Å². The van der Waals surface area contributed by atoms with Gasteiger partial charge < -0.3 is 19.9 Å². The third-order valence-corrected chi connectivity index (χ3v) is 5.94. The summed E-state index contributed by atoms with van der Waals surface area (Å²) in [6.45, 7) is 3.19. The third-order valence-electron chi connectivity index (χ3n) is 5.94. The summed E-state index contributed by atoms with van der Waals surface area (Å²) >= 11 is 0. The molecule has 1 spiro atoms. The Balaban J connectivity index is 0.000000913. The van der Waals surface area contributed by atoms with Crippen LogP contribution in [0.25, 0.3) is 0 Å². The maximum Gasteiger partial charge on any atom is 0.290 e. The largest absolute Gasteiger partial charge is 0.497 e. The van der Waals surface area contributed by atoms with Gasteiger partial charge in [-0.1, -0.05) is 12.1 Å². The maximum absolute atomic E-state index is 12.3. The number of pyridine rings is 1. The molecule has 0 aliphatic carbocycles. The molecule has 2 aliphatic rings. The molecule has 1 aromatic heterocycles. The van der Waals surface area contributed by atoms with Crippen LogP contribution in [0.1, 0.15) is 41.6 Å². The topological polar surface area (TPSA) is 101 Å². The van der Waals surface area contributed by atoms with Crippen LogP contribution in [-0.4, -0.2) is 65.8 Å². The van der Waals surface area contributed by atoms with Gasteiger partial charge in [0.1, 0.15) is 5.75 Å². The van der Waals surface area contributed by atoms with Crippen molar-refractivity contribution in [2.24, 2.45) is 0 Å². The number of ether oxygens (including phenoxy) is 2. The molecule has 2 atom stereocenters. The molecule has 0 saturated carbocycles. The van der Waals surface area contributed by atoms with Crippen LogP contribution in [0.5, 0.6) is 5.75 Å². The van der Waals surface area contributed by atoms with E-state index >= 15 is 0 Å². The molecular formula is C24H31N3O5. The Labute approximate surface area is 188 Å². The lowest BCUT2D eigenvalue weighted by atomic mass is 9.90. The minimum absolute atomic E-state index is 0.0679. The van der Waals surface area contributed by atoms with Gasteiger partial charge in [-0.15, -0.1) is 0 Å². The molecule has 32 heavy (non-hydrogen) atoms. The molecule has 2 aliphatic heterocycles. The van der Waals surface area contributed by atoms with Crippen molar-refractivity contribution in [1.29, 1.82) is 0 Å². The van der Waals surface area contributed by atoms with Crippen molar-refractivity contribution in [2.75, 3.05) is 26.7 Å². The van der Waals surface area contributed by atoms with E-state index in [0.717, 1.165) is 51.1 Å². The monoisotopic (exact) mass is 441 g/mol. The number of nitrogens with one attached hydrogen (secondary N) is 1. The fourth-order valence-electron chi connectivity index (χ4n) is 4.47. The first-order valence-corrected chi connectivity index (χ1v) is 10.9. The molecule has 3 heterocycles. The lowest BCUT2D eigenvalue weighted by Gasteiger charge is -2.39. The summed E-state index contributed by atoms with van der Waals surface area (Å²) in [6, 6.07) is 11.7. The van der Waals surface area contributed by atoms with Gasteiger partial charge in [-0.2, -0.15) is 0 Å². The van der Waals surface area contributed by atoms with E-state index in [2.05, 4.69) is 27.3 Å². The molecule has 0 bridgehead atoms. The Bertz CT molecular complexity index is 879. The first-order chi connectivity index (χ1) is 15.6. The summed E-state index contributed by atoms with van der Waals surface area (Å²) in [6.07, 6.45) is 7.62. The van der Waals surface area contributed by atoms with Gasteiger partial charge in [0.2, 0.25) is 0 Å². The fourth-order valence-corrected chi connectivity index (χ4v) is 4.47. The van der Waals surface area contributed by atoms with Crippen molar-refractivity contribution in [2.45, 2.75) is 43.9 Å². The van der Waals surface area contributed by atoms with Crippen LogP contribution in [0.2, 0.25) is 0 Å². The number of likely N-dealkylation sites (tertiary alicyclic amines) is 1. The zero-order valence-corrected chi connectivity index (χ0v) is 18.4. The fraction of sp³-hybridized carbons (Fsp3) is 0.458. The second-order valence-corrected chi connectivity index (χ2v) is 8.18. The molecule has 2 N–H and O–H groups in total. The number of aromatic nitrogens is 1. The number of carbonyl (C=O) groups is 2. The van der Waals surface area contributed by atoms with E-state index in [1.165, 1.54) is 5.56 Å². The Morgan fingerprint density at radius 1 is 1.34 bits per heavy atom. The number of hydrogen-bond donors (Lipinski definition) is 2. The van der Waals surface area contributed by atoms with Gasteiger partial charge in [-0.05, 0) is 55.5 Å². The van der Waals surface area contributed by atoms with Crippen LogP contribution in [-0.2, 0) is 16.1 Å². The van der Waals surface area contributed by atoms with Crippen molar-refractivity contribution in [1.82, 2.24) is 15.2 Å². The number of methoxy groups -OCH3 is 1. The average molecular weight is 442 g/mol. The summed E-state index contributed by atoms with van der Waals surface area (Å²) in [5.74, 6) is 0.831. The van der Waals surface area contributed by atoms with E-state index in [4.69, 9.17) is 19.4 Å². The molecule has 2 saturated heterocycles. The highest BCUT2D eigenvalue weighted by Gasteiger charge is 2.42. The number of rotatable bonds is 6. The molecule has 2 fully saturated rings. The summed E-state index contributed by atoms with van der Waals surface area (Å²) in [7, 11) is 1.70. The summed E-state index contributed by atoms with van der Waals surface area (Å²) in [5, 5.41) is 9.91. The van der Waals surface area contributed by atoms with E-state index in [0.29, 0.717) is 12.1 Å². The first-order valence-electron chi connectivity index (χ1n) is 10.9. The zero-order chi connectivity index (χ0) is 22.8. The van der Waals surface area contributed by atoms with E-state index < -0.39 is 0 Å². The summed E-state index contributed by atoms with van der Waals surface area (Å²) in [5.41, 5.74) is 1.82. The summed E-state index contributed by atoms with van der Waals surface area (Å²) < 4.78 is 11.9. The molecular weight excluding hydrogens is 410 g/mol. The zero-order valence-electron chi connectivity index (χ0n) is 18.4. The van der Waals surface area contributed by atoms with Crippen molar-refractivity contribution < 1.29 is 24.2 Å². The first kappa shape index (κ1) is 23.7. The minimum Gasteiger partial charge on any atom is -0.497 e. The van der Waals surface area contributed by atoms with Gasteiger partial charge in [-0.25, -0.2) is 0 Å². The van der Waals surface area contributed by atoms with Crippen LogP contribution in [0.4, 0.5) is 0 Å². The van der Waals surface area contributed by atoms with E-state index in [9.17, 15) is 4.79 Å². The van der Waals surface area contributed by atoms with Crippen molar-refractivity contribution in [3.63, 3.8) is 0 Å². The standard InChI is InChI=1S/C23H29N3O3.CH2O2/c1-28-20-5-2-4-18(14-20)16-26-13-10-23(17-26)9-3-6-21(29-23)15-25-22(27)19-7-11-24-12-8-19;2-1-3/h2,4-5,7-8,11-12,14,21H,3,6,9-10,13,15-17H2,1H3,(H,25,27);1H,(H,2,3)/t21-,23+;/m0./s1. The van der Waals surface area contributed by atoms with Gasteiger partial charge in [-0.3, -0.25) is 19.5 Å². The molecule has 1 aromatic carbocycles. The normalized spacial score (nSPS) is 22.6. The molecule has 8 heteroatoms. The molecule has 4 rings (SSSR count). The molecule has 2 aromatic rings. The molecule has 0 unspecified atom stereocenters. The quantitative estimate of drug-likeness (QED) is 0.665. The Kier molecular flexibility index (Phi) is 8.58. The smallest absolute Gasteiger partial charge is 0.290 e. The van der Waals surface area contributed by atoms with Gasteiger partial charge in [0.05, 0.1) is 18.8 Å².